The van der Waals surface area contributed by atoms with Crippen LogP contribution in [-0.2, 0) is 11.2 Å². The fourth-order valence-corrected chi connectivity index (χ4v) is 2.96. The second-order valence-electron chi connectivity index (χ2n) is 5.87. The highest BCUT2D eigenvalue weighted by atomic mass is 16.3. The first-order valence-electron chi connectivity index (χ1n) is 7.45. The summed E-state index contributed by atoms with van der Waals surface area (Å²) in [5.74, 6) is -4.04. The van der Waals surface area contributed by atoms with Crippen LogP contribution in [0.4, 0.5) is 0 Å². The van der Waals surface area contributed by atoms with Crippen LogP contribution in [0.15, 0.2) is 18.2 Å². The average Bonchev–Trinajstić information content (AvgIpc) is 2.54. The van der Waals surface area contributed by atoms with Gasteiger partial charge < -0.3 is 25.2 Å². The summed E-state index contributed by atoms with van der Waals surface area (Å²) in [4.78, 5) is 36.5. The number of aryl methyl sites for hydroxylation is 1. The standard InChI is InChI=1S/C18H14O7/c1-7(19)2-3-8-6-11(22)14-15(16(8)23)18(25)13-10(21)5-4-9(20)12(13)17(14)24/h4-6,20-23H,2-3H2,1H3. The molecule has 0 aromatic heterocycles. The number of ketones is 3. The maximum atomic E-state index is 12.7. The third-order valence-corrected chi connectivity index (χ3v) is 4.17. The molecule has 2 aromatic carbocycles. The van der Waals surface area contributed by atoms with Gasteiger partial charge >= 0.3 is 0 Å². The molecule has 7 heteroatoms. The highest BCUT2D eigenvalue weighted by Crippen LogP contribution is 2.44. The van der Waals surface area contributed by atoms with Crippen molar-refractivity contribution in [3.8, 4) is 23.0 Å². The number of hydrogen-bond donors (Lipinski definition) is 4. The lowest BCUT2D eigenvalue weighted by molar-refractivity contribution is -0.116. The van der Waals surface area contributed by atoms with E-state index in [9.17, 15) is 34.8 Å². The molecular formula is C18H14O7. The molecule has 0 saturated heterocycles. The lowest BCUT2D eigenvalue weighted by atomic mass is 9.80. The van der Waals surface area contributed by atoms with Crippen molar-refractivity contribution in [3.63, 3.8) is 0 Å². The van der Waals surface area contributed by atoms with Crippen molar-refractivity contribution in [1.82, 2.24) is 0 Å². The Bertz CT molecular complexity index is 957. The van der Waals surface area contributed by atoms with Crippen LogP contribution in [0.1, 0.15) is 50.8 Å². The fourth-order valence-electron chi connectivity index (χ4n) is 2.96. The molecule has 0 saturated carbocycles. The topological polar surface area (TPSA) is 132 Å². The molecule has 0 bridgehead atoms. The van der Waals surface area contributed by atoms with Gasteiger partial charge in [0.2, 0.25) is 11.6 Å². The molecule has 3 rings (SSSR count). The lowest BCUT2D eigenvalue weighted by Gasteiger charge is -2.22. The Balaban J connectivity index is 2.27. The maximum absolute atomic E-state index is 12.7. The van der Waals surface area contributed by atoms with E-state index in [1.807, 2.05) is 0 Å². The van der Waals surface area contributed by atoms with Gasteiger partial charge in [-0.2, -0.15) is 0 Å². The van der Waals surface area contributed by atoms with Gasteiger partial charge in [-0.15, -0.1) is 0 Å². The third kappa shape index (κ3) is 2.40. The van der Waals surface area contributed by atoms with E-state index < -0.39 is 56.8 Å². The number of hydrogen-bond acceptors (Lipinski definition) is 7. The Morgan fingerprint density at radius 1 is 0.840 bits per heavy atom. The van der Waals surface area contributed by atoms with Crippen LogP contribution >= 0.6 is 0 Å². The number of carbonyl (C=O) groups excluding carboxylic acids is 3. The van der Waals surface area contributed by atoms with E-state index in [0.29, 0.717) is 0 Å². The monoisotopic (exact) mass is 342 g/mol. The zero-order valence-electron chi connectivity index (χ0n) is 13.2. The molecule has 0 aliphatic heterocycles. The van der Waals surface area contributed by atoms with E-state index in [1.165, 1.54) is 6.92 Å². The first kappa shape index (κ1) is 16.5. The summed E-state index contributed by atoms with van der Waals surface area (Å²) in [5, 5.41) is 40.4. The Morgan fingerprint density at radius 3 is 1.84 bits per heavy atom. The molecule has 0 amide bonds. The molecular weight excluding hydrogens is 328 g/mol. The number of phenolic OH excluding ortho intramolecular Hbond substituents is 4. The summed E-state index contributed by atoms with van der Waals surface area (Å²) >= 11 is 0. The highest BCUT2D eigenvalue weighted by Gasteiger charge is 2.39. The maximum Gasteiger partial charge on any atom is 0.202 e. The zero-order chi connectivity index (χ0) is 18.5. The predicted molar refractivity (Wildman–Crippen MR) is 85.4 cm³/mol. The first-order chi connectivity index (χ1) is 11.7. The van der Waals surface area contributed by atoms with E-state index in [1.54, 1.807) is 0 Å². The molecule has 4 N–H and O–H groups in total. The Hall–Kier alpha value is -3.35. The van der Waals surface area contributed by atoms with E-state index in [4.69, 9.17) is 0 Å². The van der Waals surface area contributed by atoms with Crippen molar-refractivity contribution in [1.29, 1.82) is 0 Å². The summed E-state index contributed by atoms with van der Waals surface area (Å²) in [6.07, 6.45) is 0.152. The normalized spacial score (nSPS) is 12.7. The summed E-state index contributed by atoms with van der Waals surface area (Å²) in [7, 11) is 0. The third-order valence-electron chi connectivity index (χ3n) is 4.17. The minimum absolute atomic E-state index is 0.0718. The molecule has 2 aromatic rings. The quantitative estimate of drug-likeness (QED) is 0.534. The van der Waals surface area contributed by atoms with Crippen molar-refractivity contribution in [2.45, 2.75) is 19.8 Å². The lowest BCUT2D eigenvalue weighted by Crippen LogP contribution is -2.22. The van der Waals surface area contributed by atoms with Crippen LogP contribution in [-0.4, -0.2) is 37.8 Å². The summed E-state index contributed by atoms with van der Waals surface area (Å²) in [6, 6.07) is 3.23. The number of rotatable bonds is 3. The fraction of sp³-hybridized carbons (Fsp3) is 0.167. The van der Waals surface area contributed by atoms with Crippen molar-refractivity contribution >= 4 is 17.3 Å². The van der Waals surface area contributed by atoms with Crippen LogP contribution in [0.2, 0.25) is 0 Å². The smallest absolute Gasteiger partial charge is 0.202 e. The number of phenols is 4. The van der Waals surface area contributed by atoms with Crippen LogP contribution in [0.5, 0.6) is 23.0 Å². The molecule has 1 aliphatic rings. The van der Waals surface area contributed by atoms with Gasteiger partial charge in [0, 0.05) is 6.42 Å². The Morgan fingerprint density at radius 2 is 1.32 bits per heavy atom. The van der Waals surface area contributed by atoms with Gasteiger partial charge in [-0.3, -0.25) is 9.59 Å². The van der Waals surface area contributed by atoms with Crippen molar-refractivity contribution in [2.75, 3.05) is 0 Å². The number of carbonyl (C=O) groups is 3. The van der Waals surface area contributed by atoms with Gasteiger partial charge in [-0.1, -0.05) is 0 Å². The highest BCUT2D eigenvalue weighted by molar-refractivity contribution is 6.32. The molecule has 128 valence electrons. The molecule has 0 atom stereocenters. The van der Waals surface area contributed by atoms with Crippen LogP contribution < -0.4 is 0 Å². The van der Waals surface area contributed by atoms with E-state index in [0.717, 1.165) is 18.2 Å². The second kappa shape index (κ2) is 5.62. The average molecular weight is 342 g/mol. The van der Waals surface area contributed by atoms with Crippen LogP contribution in [0.25, 0.3) is 0 Å². The van der Waals surface area contributed by atoms with Crippen molar-refractivity contribution in [3.05, 3.63) is 46.0 Å². The van der Waals surface area contributed by atoms with Gasteiger partial charge in [-0.05, 0) is 37.1 Å². The number of aromatic hydroxyl groups is 4. The number of benzene rings is 2. The van der Waals surface area contributed by atoms with Gasteiger partial charge in [0.1, 0.15) is 28.8 Å². The Kier molecular flexibility index (Phi) is 3.71. The molecule has 0 fully saturated rings. The van der Waals surface area contributed by atoms with Crippen LogP contribution in [0, 0.1) is 0 Å². The van der Waals surface area contributed by atoms with Crippen molar-refractivity contribution < 1.29 is 34.8 Å². The van der Waals surface area contributed by atoms with Crippen LogP contribution in [0.3, 0.4) is 0 Å². The molecule has 25 heavy (non-hydrogen) atoms. The molecule has 0 radical (unpaired) electrons. The van der Waals surface area contributed by atoms with Gasteiger partial charge in [-0.25, -0.2) is 0 Å². The largest absolute Gasteiger partial charge is 0.507 e. The molecule has 0 spiro atoms. The summed E-state index contributed by atoms with van der Waals surface area (Å²) in [6.45, 7) is 1.36. The van der Waals surface area contributed by atoms with Gasteiger partial charge in [0.05, 0.1) is 22.3 Å². The molecule has 1 aliphatic carbocycles. The van der Waals surface area contributed by atoms with E-state index >= 15 is 0 Å². The van der Waals surface area contributed by atoms with E-state index in [2.05, 4.69) is 0 Å². The SMILES string of the molecule is CC(=O)CCc1cc(O)c2c(c1O)C(=O)c1c(O)ccc(O)c1C2=O. The van der Waals surface area contributed by atoms with E-state index in [-0.39, 0.29) is 24.2 Å². The number of fused-ring (bicyclic) bond motifs is 2. The second-order valence-corrected chi connectivity index (χ2v) is 5.87. The summed E-state index contributed by atoms with van der Waals surface area (Å²) in [5.41, 5.74) is -1.62. The molecule has 0 unspecified atom stereocenters. The molecule has 0 heterocycles. The van der Waals surface area contributed by atoms with Gasteiger partial charge in [0.25, 0.3) is 0 Å². The zero-order valence-corrected chi connectivity index (χ0v) is 13.2. The minimum Gasteiger partial charge on any atom is -0.507 e. The first-order valence-corrected chi connectivity index (χ1v) is 7.45. The minimum atomic E-state index is -0.893. The Labute approximate surface area is 141 Å². The van der Waals surface area contributed by atoms with Crippen molar-refractivity contribution in [2.24, 2.45) is 0 Å². The number of Topliss-reactive ketones (excluding diaryl/α,β-unsaturated/α-hetero) is 1. The molecule has 7 nitrogen and oxygen atoms in total. The summed E-state index contributed by atoms with van der Waals surface area (Å²) < 4.78 is 0. The predicted octanol–water partition coefficient (Wildman–Crippen LogP) is 1.81. The van der Waals surface area contributed by atoms with Gasteiger partial charge in [0.15, 0.2) is 0 Å².